The number of carbonyl (C=O) groups is 3. The van der Waals surface area contributed by atoms with Gasteiger partial charge in [0, 0.05) is 12.8 Å². The number of phosphoric ester groups is 1. The first-order valence-electron chi connectivity index (χ1n) is 23.9. The average Bonchev–Trinajstić information content (AvgIpc) is 3.21. The molecule has 4 N–H and O–H groups in total. The van der Waals surface area contributed by atoms with Crippen molar-refractivity contribution < 1.29 is 47.5 Å². The minimum Gasteiger partial charge on any atom is -0.480 e. The van der Waals surface area contributed by atoms with Crippen LogP contribution in [0.3, 0.4) is 0 Å². The van der Waals surface area contributed by atoms with Gasteiger partial charge in [-0.3, -0.25) is 23.4 Å². The maximum atomic E-state index is 12.7. The fourth-order valence-corrected chi connectivity index (χ4v) is 7.46. The van der Waals surface area contributed by atoms with Crippen molar-refractivity contribution in [3.05, 3.63) is 24.3 Å². The summed E-state index contributed by atoms with van der Waals surface area (Å²) in [6, 6.07) is -1.52. The number of carboxylic acid groups (broad SMARTS) is 1. The zero-order valence-corrected chi connectivity index (χ0v) is 38.5. The number of hydrogen-bond donors (Lipinski definition) is 3. The number of rotatable bonds is 45. The zero-order valence-electron chi connectivity index (χ0n) is 37.6. The summed E-state index contributed by atoms with van der Waals surface area (Å²) in [5, 5.41) is 8.90. The van der Waals surface area contributed by atoms with E-state index in [9.17, 15) is 23.8 Å². The van der Waals surface area contributed by atoms with E-state index >= 15 is 0 Å². The van der Waals surface area contributed by atoms with Gasteiger partial charge in [0.1, 0.15) is 12.6 Å². The summed E-state index contributed by atoms with van der Waals surface area (Å²) in [6.45, 7) is 2.81. The third kappa shape index (κ3) is 42.4. The molecule has 11 nitrogen and oxygen atoms in total. The summed E-state index contributed by atoms with van der Waals surface area (Å²) in [4.78, 5) is 46.1. The van der Waals surface area contributed by atoms with Crippen molar-refractivity contribution in [3.63, 3.8) is 0 Å². The summed E-state index contributed by atoms with van der Waals surface area (Å²) < 4.78 is 32.8. The lowest BCUT2D eigenvalue weighted by atomic mass is 10.0. The number of carboxylic acids is 1. The molecule has 0 aliphatic heterocycles. The largest absolute Gasteiger partial charge is 0.480 e. The Labute approximate surface area is 360 Å². The molecule has 12 heteroatoms. The number of nitrogens with two attached hydrogens (primary N) is 1. The first kappa shape index (κ1) is 57.0. The monoisotopic (exact) mass is 858 g/mol. The normalized spacial score (nSPS) is 13.8. The van der Waals surface area contributed by atoms with Gasteiger partial charge >= 0.3 is 25.7 Å². The lowest BCUT2D eigenvalue weighted by Crippen LogP contribution is -2.34. The second-order valence-electron chi connectivity index (χ2n) is 16.2. The van der Waals surface area contributed by atoms with Crippen molar-refractivity contribution in [2.75, 3.05) is 19.8 Å². The molecule has 0 aromatic heterocycles. The zero-order chi connectivity index (χ0) is 43.5. The van der Waals surface area contributed by atoms with Gasteiger partial charge in [-0.15, -0.1) is 0 Å². The van der Waals surface area contributed by atoms with Crippen LogP contribution in [0.1, 0.15) is 226 Å². The lowest BCUT2D eigenvalue weighted by molar-refractivity contribution is -0.161. The summed E-state index contributed by atoms with van der Waals surface area (Å²) >= 11 is 0. The summed E-state index contributed by atoms with van der Waals surface area (Å²) in [7, 11) is -4.72. The van der Waals surface area contributed by atoms with Gasteiger partial charge < -0.3 is 25.2 Å². The van der Waals surface area contributed by atoms with Crippen molar-refractivity contribution in [3.8, 4) is 0 Å². The third-order valence-electron chi connectivity index (χ3n) is 10.5. The maximum absolute atomic E-state index is 12.7. The van der Waals surface area contributed by atoms with Crippen molar-refractivity contribution in [1.82, 2.24) is 0 Å². The van der Waals surface area contributed by atoms with Gasteiger partial charge in [0.2, 0.25) is 0 Å². The van der Waals surface area contributed by atoms with Crippen LogP contribution >= 0.6 is 7.82 Å². The van der Waals surface area contributed by atoms with Crippen LogP contribution in [0.5, 0.6) is 0 Å². The lowest BCUT2D eigenvalue weighted by Gasteiger charge is -2.20. The highest BCUT2D eigenvalue weighted by molar-refractivity contribution is 7.47. The molecule has 346 valence electrons. The maximum Gasteiger partial charge on any atom is 0.472 e. The van der Waals surface area contributed by atoms with Crippen molar-refractivity contribution in [2.45, 2.75) is 238 Å². The molecule has 0 fully saturated rings. The molecule has 0 heterocycles. The fraction of sp³-hybridized carbons (Fsp3) is 0.851. The third-order valence-corrected chi connectivity index (χ3v) is 11.4. The van der Waals surface area contributed by atoms with Crippen molar-refractivity contribution >= 4 is 25.7 Å². The number of unbranched alkanes of at least 4 members (excludes halogenated alkanes) is 27. The van der Waals surface area contributed by atoms with Gasteiger partial charge in [0.05, 0.1) is 13.2 Å². The highest BCUT2D eigenvalue weighted by Crippen LogP contribution is 2.43. The Kier molecular flexibility index (Phi) is 41.2. The van der Waals surface area contributed by atoms with E-state index in [1.54, 1.807) is 0 Å². The number of aliphatic carboxylic acids is 1. The molecule has 0 aliphatic rings. The molecule has 0 aromatic carbocycles. The Morgan fingerprint density at radius 3 is 1.36 bits per heavy atom. The van der Waals surface area contributed by atoms with Gasteiger partial charge in [0.15, 0.2) is 6.10 Å². The van der Waals surface area contributed by atoms with Crippen LogP contribution < -0.4 is 5.73 Å². The molecule has 0 aliphatic carbocycles. The topological polar surface area (TPSA) is 172 Å². The fourth-order valence-electron chi connectivity index (χ4n) is 6.68. The molecule has 59 heavy (non-hydrogen) atoms. The number of carbonyl (C=O) groups excluding carboxylic acids is 2. The number of phosphoric acid groups is 1. The smallest absolute Gasteiger partial charge is 0.472 e. The van der Waals surface area contributed by atoms with Crippen LogP contribution in [0.2, 0.25) is 0 Å². The molecule has 0 radical (unpaired) electrons. The van der Waals surface area contributed by atoms with Crippen LogP contribution in [0.4, 0.5) is 0 Å². The minimum absolute atomic E-state index is 0.159. The number of ether oxygens (including phenoxy) is 2. The Hall–Kier alpha value is -2.04. The van der Waals surface area contributed by atoms with E-state index in [2.05, 4.69) is 42.7 Å². The second-order valence-corrected chi connectivity index (χ2v) is 17.7. The Bertz CT molecular complexity index is 1100. The van der Waals surface area contributed by atoms with Gasteiger partial charge in [-0.1, -0.05) is 192 Å². The van der Waals surface area contributed by atoms with E-state index < -0.39 is 51.1 Å². The van der Waals surface area contributed by atoms with Crippen LogP contribution in [0, 0.1) is 0 Å². The number of hydrogen-bond acceptors (Lipinski definition) is 9. The first-order valence-corrected chi connectivity index (χ1v) is 25.4. The Morgan fingerprint density at radius 1 is 0.525 bits per heavy atom. The molecule has 0 spiro atoms. The summed E-state index contributed by atoms with van der Waals surface area (Å²) in [5.74, 6) is -2.37. The van der Waals surface area contributed by atoms with Gasteiger partial charge in [-0.05, 0) is 44.9 Å². The van der Waals surface area contributed by atoms with E-state index in [-0.39, 0.29) is 19.4 Å². The van der Waals surface area contributed by atoms with E-state index in [0.717, 1.165) is 51.4 Å². The molecule has 0 amide bonds. The Balaban J connectivity index is 4.28. The van der Waals surface area contributed by atoms with Gasteiger partial charge in [0.25, 0.3) is 0 Å². The van der Waals surface area contributed by atoms with Crippen molar-refractivity contribution in [1.29, 1.82) is 0 Å². The SMILES string of the molecule is CCCCC/C=C\C/C=C\CCCCCCCCCCCC(=O)O[C@H](COC(=O)CCCCCCCCCCCCCCCCCC)COP(=O)(O)OC[C@H](N)C(=O)O. The number of allylic oxidation sites excluding steroid dienone is 4. The van der Waals surface area contributed by atoms with E-state index in [4.69, 9.17) is 24.8 Å². The minimum atomic E-state index is -4.72. The van der Waals surface area contributed by atoms with Gasteiger partial charge in [-0.25, -0.2) is 4.57 Å². The predicted molar refractivity (Wildman–Crippen MR) is 240 cm³/mol. The van der Waals surface area contributed by atoms with Crippen LogP contribution in [-0.4, -0.2) is 59.9 Å². The summed E-state index contributed by atoms with van der Waals surface area (Å²) in [5.41, 5.74) is 5.34. The second kappa shape index (κ2) is 42.6. The molecule has 1 unspecified atom stereocenters. The predicted octanol–water partition coefficient (Wildman–Crippen LogP) is 13.0. The highest BCUT2D eigenvalue weighted by Gasteiger charge is 2.28. The standard InChI is InChI=1S/C47H88NO10P/c1-3-5-7-9-11-13-15-17-19-21-22-23-25-27-29-31-33-35-37-39-46(50)58-43(41-56-59(53,54)57-42-44(48)47(51)52)40-55-45(49)38-36-34-32-30-28-26-24-20-18-16-14-12-10-8-6-4-2/h11,13,17,19,43-44H,3-10,12,14-16,18,20-42,48H2,1-2H3,(H,51,52)(H,53,54)/b13-11-,19-17-/t43-,44+/m1/s1. The molecule has 3 atom stereocenters. The summed E-state index contributed by atoms with van der Waals surface area (Å²) in [6.07, 6.45) is 45.2. The molecular weight excluding hydrogens is 769 g/mol. The van der Waals surface area contributed by atoms with E-state index in [1.165, 1.54) is 135 Å². The first-order chi connectivity index (χ1) is 28.6. The van der Waals surface area contributed by atoms with Crippen LogP contribution in [-0.2, 0) is 37.5 Å². The average molecular weight is 858 g/mol. The van der Waals surface area contributed by atoms with E-state index in [0.29, 0.717) is 12.8 Å². The molecule has 0 saturated carbocycles. The number of esters is 2. The van der Waals surface area contributed by atoms with Crippen LogP contribution in [0.15, 0.2) is 24.3 Å². The van der Waals surface area contributed by atoms with Gasteiger partial charge in [-0.2, -0.15) is 0 Å². The Morgan fingerprint density at radius 2 is 0.898 bits per heavy atom. The molecular formula is C47H88NO10P. The van der Waals surface area contributed by atoms with Crippen molar-refractivity contribution in [2.24, 2.45) is 5.73 Å². The quantitative estimate of drug-likeness (QED) is 0.0230. The molecule has 0 rings (SSSR count). The van der Waals surface area contributed by atoms with Crippen LogP contribution in [0.25, 0.3) is 0 Å². The van der Waals surface area contributed by atoms with E-state index in [1.807, 2.05) is 0 Å². The molecule has 0 bridgehead atoms. The highest BCUT2D eigenvalue weighted by atomic mass is 31.2. The molecule has 0 saturated heterocycles. The molecule has 0 aromatic rings.